The predicted octanol–water partition coefficient (Wildman–Crippen LogP) is 4.22. The molecular weight excluding hydrogens is 328 g/mol. The van der Waals surface area contributed by atoms with Gasteiger partial charge in [-0.2, -0.15) is 0 Å². The summed E-state index contributed by atoms with van der Waals surface area (Å²) in [5, 5.41) is 9.69. The molecule has 3 rings (SSSR count). The Kier molecular flexibility index (Phi) is 4.59. The lowest BCUT2D eigenvalue weighted by atomic mass is 10.1. The Bertz CT molecular complexity index is 844. The van der Waals surface area contributed by atoms with Crippen molar-refractivity contribution in [1.82, 2.24) is 14.9 Å². The number of benzene rings is 2. The van der Waals surface area contributed by atoms with Gasteiger partial charge < -0.3 is 5.84 Å². The number of aromatic nitrogens is 3. The van der Waals surface area contributed by atoms with Crippen molar-refractivity contribution in [3.05, 3.63) is 64.2 Å². The van der Waals surface area contributed by atoms with Crippen molar-refractivity contribution < 1.29 is 0 Å². The van der Waals surface area contributed by atoms with Gasteiger partial charge in [-0.3, -0.25) is 0 Å². The Labute approximate surface area is 144 Å². The average molecular weight is 345 g/mol. The SMILES string of the molecule is Cc1ccc(CSc2nnc(-c3cccc(Cl)c3)n2N)cc1C. The number of hydrogen-bond acceptors (Lipinski definition) is 4. The standard InChI is InChI=1S/C17H17ClN4S/c1-11-6-7-13(8-12(11)2)10-23-17-21-20-16(22(17)19)14-4-3-5-15(18)9-14/h3-9H,10,19H2,1-2H3. The van der Waals surface area contributed by atoms with Crippen molar-refractivity contribution in [2.75, 3.05) is 5.84 Å². The first-order valence-corrected chi connectivity index (χ1v) is 8.56. The van der Waals surface area contributed by atoms with Crippen LogP contribution in [0.3, 0.4) is 0 Å². The van der Waals surface area contributed by atoms with Crippen molar-refractivity contribution in [3.63, 3.8) is 0 Å². The molecule has 2 N–H and O–H groups in total. The molecule has 1 aromatic heterocycles. The summed E-state index contributed by atoms with van der Waals surface area (Å²) in [4.78, 5) is 0. The number of halogens is 1. The van der Waals surface area contributed by atoms with E-state index in [9.17, 15) is 0 Å². The van der Waals surface area contributed by atoms with E-state index in [0.29, 0.717) is 16.0 Å². The summed E-state index contributed by atoms with van der Waals surface area (Å²) in [6.45, 7) is 4.23. The van der Waals surface area contributed by atoms with Crippen LogP contribution < -0.4 is 5.84 Å². The molecule has 23 heavy (non-hydrogen) atoms. The lowest BCUT2D eigenvalue weighted by molar-refractivity contribution is 0.849. The molecule has 3 aromatic rings. The first-order valence-electron chi connectivity index (χ1n) is 7.20. The van der Waals surface area contributed by atoms with Gasteiger partial charge in [-0.25, -0.2) is 4.68 Å². The van der Waals surface area contributed by atoms with Crippen molar-refractivity contribution in [3.8, 4) is 11.4 Å². The van der Waals surface area contributed by atoms with Crippen molar-refractivity contribution in [2.24, 2.45) is 0 Å². The van der Waals surface area contributed by atoms with Crippen molar-refractivity contribution >= 4 is 23.4 Å². The van der Waals surface area contributed by atoms with Crippen LogP contribution in [0.2, 0.25) is 5.02 Å². The fraction of sp³-hybridized carbons (Fsp3) is 0.176. The maximum atomic E-state index is 6.13. The minimum absolute atomic E-state index is 0.607. The van der Waals surface area contributed by atoms with E-state index in [1.54, 1.807) is 11.8 Å². The zero-order chi connectivity index (χ0) is 16.4. The van der Waals surface area contributed by atoms with Crippen LogP contribution >= 0.6 is 23.4 Å². The Morgan fingerprint density at radius 2 is 1.91 bits per heavy atom. The highest BCUT2D eigenvalue weighted by molar-refractivity contribution is 7.98. The first kappa shape index (κ1) is 15.9. The van der Waals surface area contributed by atoms with E-state index in [4.69, 9.17) is 17.4 Å². The summed E-state index contributed by atoms with van der Waals surface area (Å²) in [5.41, 5.74) is 4.68. The maximum absolute atomic E-state index is 6.13. The summed E-state index contributed by atoms with van der Waals surface area (Å²) >= 11 is 7.58. The van der Waals surface area contributed by atoms with Gasteiger partial charge in [0.05, 0.1) is 0 Å². The zero-order valence-electron chi connectivity index (χ0n) is 13.0. The molecule has 6 heteroatoms. The Balaban J connectivity index is 1.78. The Morgan fingerprint density at radius 3 is 2.65 bits per heavy atom. The van der Waals surface area contributed by atoms with Gasteiger partial charge in [-0.15, -0.1) is 10.2 Å². The second-order valence-corrected chi connectivity index (χ2v) is 6.77. The van der Waals surface area contributed by atoms with E-state index in [1.165, 1.54) is 21.4 Å². The molecule has 4 nitrogen and oxygen atoms in total. The quantitative estimate of drug-likeness (QED) is 0.568. The number of nitrogens with zero attached hydrogens (tertiary/aromatic N) is 3. The first-order chi connectivity index (χ1) is 11.0. The predicted molar refractivity (Wildman–Crippen MR) is 96.1 cm³/mol. The molecule has 0 amide bonds. The molecular formula is C17H17ClN4S. The molecule has 0 spiro atoms. The third-order valence-electron chi connectivity index (χ3n) is 3.69. The molecule has 1 heterocycles. The van der Waals surface area contributed by atoms with Gasteiger partial charge >= 0.3 is 0 Å². The van der Waals surface area contributed by atoms with Crippen molar-refractivity contribution in [1.29, 1.82) is 0 Å². The average Bonchev–Trinajstić information content (AvgIpc) is 2.89. The molecule has 0 fully saturated rings. The molecule has 0 aliphatic carbocycles. The largest absolute Gasteiger partial charge is 0.335 e. The molecule has 2 aromatic carbocycles. The number of nitrogens with two attached hydrogens (primary N) is 1. The van der Waals surface area contributed by atoms with E-state index in [-0.39, 0.29) is 0 Å². The highest BCUT2D eigenvalue weighted by Crippen LogP contribution is 2.26. The fourth-order valence-corrected chi connectivity index (χ4v) is 3.23. The minimum atomic E-state index is 0.607. The Hall–Kier alpha value is -1.98. The third kappa shape index (κ3) is 3.51. The van der Waals surface area contributed by atoms with E-state index in [2.05, 4.69) is 42.2 Å². The molecule has 0 saturated heterocycles. The second kappa shape index (κ2) is 6.64. The lowest BCUT2D eigenvalue weighted by Crippen LogP contribution is -2.11. The number of aryl methyl sites for hydroxylation is 2. The summed E-state index contributed by atoms with van der Waals surface area (Å²) < 4.78 is 1.51. The van der Waals surface area contributed by atoms with Crippen LogP contribution in [0.1, 0.15) is 16.7 Å². The smallest absolute Gasteiger partial charge is 0.210 e. The van der Waals surface area contributed by atoms with Gasteiger partial charge in [0.25, 0.3) is 0 Å². The van der Waals surface area contributed by atoms with Crippen LogP contribution in [-0.4, -0.2) is 14.9 Å². The second-order valence-electron chi connectivity index (χ2n) is 5.39. The topological polar surface area (TPSA) is 56.7 Å². The molecule has 0 radical (unpaired) electrons. The van der Waals surface area contributed by atoms with Crippen molar-refractivity contribution in [2.45, 2.75) is 24.8 Å². The summed E-state index contributed by atoms with van der Waals surface area (Å²) in [7, 11) is 0. The third-order valence-corrected chi connectivity index (χ3v) is 4.94. The fourth-order valence-electron chi connectivity index (χ4n) is 2.24. The summed E-state index contributed by atoms with van der Waals surface area (Å²) in [6, 6.07) is 13.9. The zero-order valence-corrected chi connectivity index (χ0v) is 14.5. The van der Waals surface area contributed by atoms with Gasteiger partial charge in [-0.1, -0.05) is 53.7 Å². The molecule has 0 bridgehead atoms. The minimum Gasteiger partial charge on any atom is -0.335 e. The van der Waals surface area contributed by atoms with Crippen LogP contribution in [0, 0.1) is 13.8 Å². The highest BCUT2D eigenvalue weighted by atomic mass is 35.5. The molecule has 0 saturated carbocycles. The van der Waals surface area contributed by atoms with Crippen LogP contribution in [0.15, 0.2) is 47.6 Å². The maximum Gasteiger partial charge on any atom is 0.210 e. The van der Waals surface area contributed by atoms with E-state index in [0.717, 1.165) is 11.3 Å². The molecule has 0 atom stereocenters. The summed E-state index contributed by atoms with van der Waals surface area (Å²) in [5.74, 6) is 7.54. The van der Waals surface area contributed by atoms with Crippen LogP contribution in [0.4, 0.5) is 0 Å². The number of nitrogen functional groups attached to an aromatic ring is 1. The van der Waals surface area contributed by atoms with Gasteiger partial charge in [0.15, 0.2) is 5.82 Å². The molecule has 118 valence electrons. The van der Waals surface area contributed by atoms with E-state index in [1.807, 2.05) is 24.3 Å². The molecule has 0 unspecified atom stereocenters. The van der Waals surface area contributed by atoms with Gasteiger partial charge in [0.1, 0.15) is 0 Å². The monoisotopic (exact) mass is 344 g/mol. The lowest BCUT2D eigenvalue weighted by Gasteiger charge is -2.06. The van der Waals surface area contributed by atoms with E-state index < -0.39 is 0 Å². The number of hydrogen-bond donors (Lipinski definition) is 1. The summed E-state index contributed by atoms with van der Waals surface area (Å²) in [6.07, 6.45) is 0. The van der Waals surface area contributed by atoms with Crippen LogP contribution in [0.25, 0.3) is 11.4 Å². The van der Waals surface area contributed by atoms with Gasteiger partial charge in [0.2, 0.25) is 5.16 Å². The number of rotatable bonds is 4. The van der Waals surface area contributed by atoms with Gasteiger partial charge in [0, 0.05) is 16.3 Å². The Morgan fingerprint density at radius 1 is 1.09 bits per heavy atom. The van der Waals surface area contributed by atoms with E-state index >= 15 is 0 Å². The van der Waals surface area contributed by atoms with Crippen LogP contribution in [0.5, 0.6) is 0 Å². The normalized spacial score (nSPS) is 10.9. The van der Waals surface area contributed by atoms with Gasteiger partial charge in [-0.05, 0) is 42.7 Å². The highest BCUT2D eigenvalue weighted by Gasteiger charge is 2.12. The van der Waals surface area contributed by atoms with Crippen LogP contribution in [-0.2, 0) is 5.75 Å². The number of thioether (sulfide) groups is 1. The molecule has 0 aliphatic heterocycles. The molecule has 0 aliphatic rings.